The fourth-order valence-electron chi connectivity index (χ4n) is 2.52. The lowest BCUT2D eigenvalue weighted by atomic mass is 10.1. The second-order valence-corrected chi connectivity index (χ2v) is 6.34. The van der Waals surface area contributed by atoms with Crippen LogP contribution in [0.5, 0.6) is 0 Å². The van der Waals surface area contributed by atoms with Crippen LogP contribution in [0.25, 0.3) is 0 Å². The molecule has 0 fully saturated rings. The minimum absolute atomic E-state index is 0.575. The standard InChI is InChI=1S/C19H29N5/c1-6-24(7-2)16-8-9-17(15(5)12-16)22-19-20-11-10-18(23-19)21-13-14(3)4/h8-12,14H,6-7,13H2,1-5H3,(H2,20,21,22,23). The number of aryl methyl sites for hydroxylation is 1. The summed E-state index contributed by atoms with van der Waals surface area (Å²) in [5.41, 5.74) is 3.46. The molecule has 0 aliphatic heterocycles. The molecule has 0 saturated heterocycles. The van der Waals surface area contributed by atoms with Gasteiger partial charge in [0.1, 0.15) is 5.82 Å². The quantitative estimate of drug-likeness (QED) is 0.750. The minimum atomic E-state index is 0.575. The van der Waals surface area contributed by atoms with Crippen LogP contribution in [0.1, 0.15) is 33.3 Å². The Morgan fingerprint density at radius 1 is 1.12 bits per heavy atom. The topological polar surface area (TPSA) is 53.1 Å². The molecule has 5 heteroatoms. The maximum atomic E-state index is 4.53. The molecule has 0 aliphatic carbocycles. The molecule has 1 aromatic carbocycles. The molecule has 0 unspecified atom stereocenters. The second kappa shape index (κ2) is 8.52. The maximum Gasteiger partial charge on any atom is 0.229 e. The number of benzene rings is 1. The zero-order valence-corrected chi connectivity index (χ0v) is 15.4. The number of hydrogen-bond acceptors (Lipinski definition) is 5. The van der Waals surface area contributed by atoms with Crippen LogP contribution in [0, 0.1) is 12.8 Å². The first-order valence-electron chi connectivity index (χ1n) is 8.73. The number of hydrogen-bond donors (Lipinski definition) is 2. The Kier molecular flexibility index (Phi) is 6.41. The van der Waals surface area contributed by atoms with Gasteiger partial charge < -0.3 is 15.5 Å². The average Bonchev–Trinajstić information content (AvgIpc) is 2.57. The third-order valence-electron chi connectivity index (χ3n) is 3.93. The lowest BCUT2D eigenvalue weighted by Gasteiger charge is -2.22. The molecule has 5 nitrogen and oxygen atoms in total. The summed E-state index contributed by atoms with van der Waals surface area (Å²) in [6, 6.07) is 8.34. The van der Waals surface area contributed by atoms with Crippen molar-refractivity contribution in [1.82, 2.24) is 9.97 Å². The fraction of sp³-hybridized carbons (Fsp3) is 0.474. The number of nitrogens with zero attached hydrogens (tertiary/aromatic N) is 3. The molecule has 1 aromatic heterocycles. The van der Waals surface area contributed by atoms with E-state index in [9.17, 15) is 0 Å². The molecular formula is C19H29N5. The molecule has 1 heterocycles. The highest BCUT2D eigenvalue weighted by Gasteiger charge is 2.07. The molecule has 130 valence electrons. The molecule has 2 N–H and O–H groups in total. The number of nitrogens with one attached hydrogen (secondary N) is 2. The molecule has 0 bridgehead atoms. The van der Waals surface area contributed by atoms with Gasteiger partial charge >= 0.3 is 0 Å². The summed E-state index contributed by atoms with van der Waals surface area (Å²) >= 11 is 0. The highest BCUT2D eigenvalue weighted by molar-refractivity contribution is 5.64. The van der Waals surface area contributed by atoms with Crippen molar-refractivity contribution >= 4 is 23.1 Å². The van der Waals surface area contributed by atoms with Crippen LogP contribution in [0.2, 0.25) is 0 Å². The Bertz CT molecular complexity index is 650. The smallest absolute Gasteiger partial charge is 0.229 e. The minimum Gasteiger partial charge on any atom is -0.372 e. The van der Waals surface area contributed by atoms with Crippen molar-refractivity contribution in [3.8, 4) is 0 Å². The van der Waals surface area contributed by atoms with Crippen molar-refractivity contribution in [3.05, 3.63) is 36.0 Å². The van der Waals surface area contributed by atoms with Gasteiger partial charge in [0.2, 0.25) is 5.95 Å². The Labute approximate surface area is 145 Å². The Balaban J connectivity index is 2.12. The predicted molar refractivity (Wildman–Crippen MR) is 103 cm³/mol. The van der Waals surface area contributed by atoms with Crippen LogP contribution >= 0.6 is 0 Å². The van der Waals surface area contributed by atoms with Gasteiger partial charge in [0.25, 0.3) is 0 Å². The zero-order chi connectivity index (χ0) is 17.5. The molecule has 0 amide bonds. The average molecular weight is 327 g/mol. The van der Waals surface area contributed by atoms with Gasteiger partial charge in [-0.15, -0.1) is 0 Å². The third-order valence-corrected chi connectivity index (χ3v) is 3.93. The summed E-state index contributed by atoms with van der Waals surface area (Å²) in [7, 11) is 0. The van der Waals surface area contributed by atoms with Crippen LogP contribution in [-0.4, -0.2) is 29.6 Å². The van der Waals surface area contributed by atoms with Crippen LogP contribution in [0.3, 0.4) is 0 Å². The van der Waals surface area contributed by atoms with E-state index in [0.717, 1.165) is 31.1 Å². The van der Waals surface area contributed by atoms with E-state index < -0.39 is 0 Å². The highest BCUT2D eigenvalue weighted by Crippen LogP contribution is 2.24. The van der Waals surface area contributed by atoms with Gasteiger partial charge in [0.15, 0.2) is 0 Å². The first-order valence-corrected chi connectivity index (χ1v) is 8.73. The summed E-state index contributed by atoms with van der Waals surface area (Å²) in [5, 5.41) is 6.65. The molecule has 2 aromatic rings. The van der Waals surface area contributed by atoms with E-state index in [1.54, 1.807) is 6.20 Å². The van der Waals surface area contributed by atoms with Gasteiger partial charge in [-0.05, 0) is 56.5 Å². The first-order chi connectivity index (χ1) is 11.5. The summed E-state index contributed by atoms with van der Waals surface area (Å²) in [5.74, 6) is 2.03. The largest absolute Gasteiger partial charge is 0.372 e. The Morgan fingerprint density at radius 2 is 1.88 bits per heavy atom. The van der Waals surface area contributed by atoms with E-state index in [1.165, 1.54) is 11.3 Å². The normalized spacial score (nSPS) is 10.8. The fourth-order valence-corrected chi connectivity index (χ4v) is 2.52. The van der Waals surface area contributed by atoms with Crippen LogP contribution < -0.4 is 15.5 Å². The van der Waals surface area contributed by atoms with E-state index in [2.05, 4.69) is 78.3 Å². The van der Waals surface area contributed by atoms with E-state index in [1.807, 2.05) is 6.07 Å². The highest BCUT2D eigenvalue weighted by atomic mass is 15.1. The molecule has 0 radical (unpaired) electrons. The van der Waals surface area contributed by atoms with Crippen LogP contribution in [-0.2, 0) is 0 Å². The Morgan fingerprint density at radius 3 is 2.50 bits per heavy atom. The summed E-state index contributed by atoms with van der Waals surface area (Å²) in [6.07, 6.45) is 1.78. The third kappa shape index (κ3) is 4.85. The molecule has 0 aliphatic rings. The lowest BCUT2D eigenvalue weighted by Crippen LogP contribution is -2.21. The molecule has 0 saturated carbocycles. The van der Waals surface area contributed by atoms with E-state index in [0.29, 0.717) is 11.9 Å². The Hall–Kier alpha value is -2.30. The summed E-state index contributed by atoms with van der Waals surface area (Å²) < 4.78 is 0. The summed E-state index contributed by atoms with van der Waals surface area (Å²) in [6.45, 7) is 13.7. The van der Waals surface area contributed by atoms with Crippen molar-refractivity contribution in [2.45, 2.75) is 34.6 Å². The van der Waals surface area contributed by atoms with E-state index >= 15 is 0 Å². The molecule has 0 atom stereocenters. The van der Waals surface area contributed by atoms with E-state index in [4.69, 9.17) is 0 Å². The number of anilines is 4. The van der Waals surface area contributed by atoms with Gasteiger partial charge in [0.05, 0.1) is 0 Å². The first kappa shape index (κ1) is 18.0. The SMILES string of the molecule is CCN(CC)c1ccc(Nc2nccc(NCC(C)C)n2)c(C)c1. The monoisotopic (exact) mass is 327 g/mol. The van der Waals surface area contributed by atoms with Crippen LogP contribution in [0.15, 0.2) is 30.5 Å². The maximum absolute atomic E-state index is 4.53. The van der Waals surface area contributed by atoms with E-state index in [-0.39, 0.29) is 0 Å². The van der Waals surface area contributed by atoms with Crippen molar-refractivity contribution in [2.24, 2.45) is 5.92 Å². The van der Waals surface area contributed by atoms with Gasteiger partial charge in [-0.1, -0.05) is 13.8 Å². The second-order valence-electron chi connectivity index (χ2n) is 6.34. The van der Waals surface area contributed by atoms with Crippen molar-refractivity contribution < 1.29 is 0 Å². The number of aromatic nitrogens is 2. The van der Waals surface area contributed by atoms with Crippen molar-refractivity contribution in [1.29, 1.82) is 0 Å². The van der Waals surface area contributed by atoms with Crippen LogP contribution in [0.4, 0.5) is 23.1 Å². The summed E-state index contributed by atoms with van der Waals surface area (Å²) in [4.78, 5) is 11.2. The van der Waals surface area contributed by atoms with Gasteiger partial charge in [-0.25, -0.2) is 4.98 Å². The zero-order valence-electron chi connectivity index (χ0n) is 15.4. The molecular weight excluding hydrogens is 298 g/mol. The molecule has 0 spiro atoms. The predicted octanol–water partition coefficient (Wildman–Crippen LogP) is 4.44. The van der Waals surface area contributed by atoms with Crippen molar-refractivity contribution in [2.75, 3.05) is 35.2 Å². The van der Waals surface area contributed by atoms with Gasteiger partial charge in [-0.3, -0.25) is 0 Å². The van der Waals surface area contributed by atoms with Crippen molar-refractivity contribution in [3.63, 3.8) is 0 Å². The van der Waals surface area contributed by atoms with Gasteiger partial charge in [-0.2, -0.15) is 4.98 Å². The molecule has 2 rings (SSSR count). The van der Waals surface area contributed by atoms with Gasteiger partial charge in [0, 0.05) is 37.2 Å². The number of rotatable bonds is 8. The molecule has 24 heavy (non-hydrogen) atoms. The lowest BCUT2D eigenvalue weighted by molar-refractivity contribution is 0.687.